The molecule has 1 saturated carbocycles. The molecule has 7 heteroatoms. The zero-order valence-corrected chi connectivity index (χ0v) is 13.1. The van der Waals surface area contributed by atoms with Crippen LogP contribution in [0, 0.1) is 0 Å². The summed E-state index contributed by atoms with van der Waals surface area (Å²) in [7, 11) is 0.493. The minimum Gasteiger partial charge on any atom is -0.386 e. The van der Waals surface area contributed by atoms with Crippen molar-refractivity contribution < 1.29 is 24.0 Å². The molecule has 0 amide bonds. The monoisotopic (exact) mass is 310 g/mol. The van der Waals surface area contributed by atoms with E-state index in [9.17, 15) is 10.2 Å². The van der Waals surface area contributed by atoms with Crippen LogP contribution in [0.15, 0.2) is 0 Å². The van der Waals surface area contributed by atoms with E-state index < -0.39 is 6.29 Å². The van der Waals surface area contributed by atoms with Crippen LogP contribution in [0.25, 0.3) is 0 Å². The lowest BCUT2D eigenvalue weighted by Gasteiger charge is -2.12. The summed E-state index contributed by atoms with van der Waals surface area (Å²) in [6.45, 7) is 0.771. The maximum absolute atomic E-state index is 9.69. The average Bonchev–Trinajstić information content (AvgIpc) is 3.28. The maximum atomic E-state index is 9.69. The second-order valence-electron chi connectivity index (χ2n) is 5.10. The summed E-state index contributed by atoms with van der Waals surface area (Å²) < 4.78 is 15.7. The number of aliphatic hydroxyl groups excluding tert-OH is 2. The molecular formula is C12H24O5P2. The van der Waals surface area contributed by atoms with Gasteiger partial charge in [0, 0.05) is 8.81 Å². The molecule has 0 spiro atoms. The highest BCUT2D eigenvalue weighted by molar-refractivity contribution is 7.33. The third-order valence-corrected chi connectivity index (χ3v) is 5.03. The molecule has 2 N–H and O–H groups in total. The van der Waals surface area contributed by atoms with E-state index in [1.807, 2.05) is 0 Å². The highest BCUT2D eigenvalue weighted by Crippen LogP contribution is 2.35. The molecule has 1 saturated heterocycles. The second-order valence-corrected chi connectivity index (χ2v) is 7.35. The summed E-state index contributed by atoms with van der Waals surface area (Å²) in [4.78, 5) is 0. The molecule has 19 heavy (non-hydrogen) atoms. The van der Waals surface area contributed by atoms with Crippen molar-refractivity contribution >= 4 is 17.6 Å². The summed E-state index contributed by atoms with van der Waals surface area (Å²) in [5, 5.41) is 19.2. The fourth-order valence-electron chi connectivity index (χ4n) is 1.58. The fraction of sp³-hybridized carbons (Fsp3) is 1.00. The van der Waals surface area contributed by atoms with Crippen molar-refractivity contribution in [3.63, 3.8) is 0 Å². The predicted octanol–water partition coefficient (Wildman–Crippen LogP) is 2.31. The molecule has 0 aromatic rings. The topological polar surface area (TPSA) is 71.5 Å². The molecule has 0 radical (unpaired) electrons. The van der Waals surface area contributed by atoms with Gasteiger partial charge in [-0.25, -0.2) is 0 Å². The summed E-state index contributed by atoms with van der Waals surface area (Å²) in [5.74, 6) is -0.0764. The summed E-state index contributed by atoms with van der Waals surface area (Å²) in [5.41, 5.74) is 0. The third kappa shape index (κ3) is 8.52. The minimum absolute atomic E-state index is 0.229. The van der Waals surface area contributed by atoms with Gasteiger partial charge in [0.25, 0.3) is 0 Å². The summed E-state index contributed by atoms with van der Waals surface area (Å²) >= 11 is 0. The van der Waals surface area contributed by atoms with Crippen LogP contribution in [0.5, 0.6) is 0 Å². The molecule has 112 valence electrons. The van der Waals surface area contributed by atoms with E-state index in [4.69, 9.17) is 13.8 Å². The molecule has 0 bridgehead atoms. The van der Waals surface area contributed by atoms with E-state index in [0.29, 0.717) is 12.5 Å². The van der Waals surface area contributed by atoms with E-state index >= 15 is 0 Å². The Kier molecular flexibility index (Phi) is 7.46. The van der Waals surface area contributed by atoms with Crippen LogP contribution in [-0.2, 0) is 13.8 Å². The molecule has 1 heterocycles. The molecule has 5 nitrogen and oxygen atoms in total. The number of unbranched alkanes of at least 4 members (excludes halogenated alkanes) is 2. The van der Waals surface area contributed by atoms with Crippen LogP contribution in [0.1, 0.15) is 44.9 Å². The van der Waals surface area contributed by atoms with Gasteiger partial charge in [-0.15, -0.1) is 0 Å². The van der Waals surface area contributed by atoms with Crippen molar-refractivity contribution in [2.75, 3.05) is 6.61 Å². The molecular weight excluding hydrogens is 286 g/mol. The van der Waals surface area contributed by atoms with Crippen molar-refractivity contribution in [1.29, 1.82) is 0 Å². The van der Waals surface area contributed by atoms with Gasteiger partial charge in [-0.3, -0.25) is 0 Å². The normalized spacial score (nSPS) is 26.5. The van der Waals surface area contributed by atoms with E-state index in [1.54, 1.807) is 0 Å². The van der Waals surface area contributed by atoms with Crippen molar-refractivity contribution in [2.45, 2.75) is 69.0 Å². The summed E-state index contributed by atoms with van der Waals surface area (Å²) in [6.07, 6.45) is 6.45. The standard InChI is InChI=1S/C12H24O5P2/c13-10(17-19-12-8-15-12)4-2-1-3-5-11(14)18-16-9-6-7-9/h9-14,18-19H,1-8H2. The van der Waals surface area contributed by atoms with Crippen molar-refractivity contribution in [2.24, 2.45) is 0 Å². The molecule has 2 fully saturated rings. The highest BCUT2D eigenvalue weighted by atomic mass is 31.1. The largest absolute Gasteiger partial charge is 0.386 e. The Bertz CT molecular complexity index is 224. The van der Waals surface area contributed by atoms with Gasteiger partial charge < -0.3 is 24.0 Å². The molecule has 5 atom stereocenters. The van der Waals surface area contributed by atoms with Gasteiger partial charge in [0.15, 0.2) is 6.29 Å². The SMILES string of the molecule is OC(CCCCCC(O)POC1CC1)OPC1CO1. The lowest BCUT2D eigenvalue weighted by atomic mass is 10.1. The Labute approximate surface area is 118 Å². The molecule has 5 unspecified atom stereocenters. The Balaban J connectivity index is 1.34. The fourth-order valence-corrected chi connectivity index (χ4v) is 3.15. The zero-order valence-electron chi connectivity index (χ0n) is 11.1. The highest BCUT2D eigenvalue weighted by Gasteiger charge is 2.24. The van der Waals surface area contributed by atoms with Gasteiger partial charge in [-0.05, 0) is 32.1 Å². The van der Waals surface area contributed by atoms with Crippen LogP contribution in [0.2, 0.25) is 0 Å². The van der Waals surface area contributed by atoms with Crippen LogP contribution >= 0.6 is 17.6 Å². The minimum atomic E-state index is -0.660. The second kappa shape index (κ2) is 8.84. The Morgan fingerprint density at radius 2 is 1.89 bits per heavy atom. The predicted molar refractivity (Wildman–Crippen MR) is 76.7 cm³/mol. The van der Waals surface area contributed by atoms with E-state index in [1.165, 1.54) is 0 Å². The molecule has 1 aliphatic heterocycles. The maximum Gasteiger partial charge on any atom is 0.158 e. The molecule has 2 rings (SSSR count). The lowest BCUT2D eigenvalue weighted by molar-refractivity contribution is -0.0140. The quantitative estimate of drug-likeness (QED) is 0.250. The van der Waals surface area contributed by atoms with Crippen molar-refractivity contribution in [3.8, 4) is 0 Å². The summed E-state index contributed by atoms with van der Waals surface area (Å²) in [6, 6.07) is 0. The first-order chi connectivity index (χ1) is 9.24. The van der Waals surface area contributed by atoms with Gasteiger partial charge in [-0.1, -0.05) is 12.8 Å². The molecule has 1 aliphatic carbocycles. The van der Waals surface area contributed by atoms with Crippen molar-refractivity contribution in [3.05, 3.63) is 0 Å². The van der Waals surface area contributed by atoms with E-state index in [-0.39, 0.29) is 29.3 Å². The molecule has 0 aromatic heterocycles. The van der Waals surface area contributed by atoms with Gasteiger partial charge in [0.05, 0.1) is 27.4 Å². The molecule has 0 aromatic carbocycles. The number of ether oxygens (including phenoxy) is 1. The van der Waals surface area contributed by atoms with Gasteiger partial charge in [-0.2, -0.15) is 0 Å². The first kappa shape index (κ1) is 16.0. The lowest BCUT2D eigenvalue weighted by Crippen LogP contribution is -2.07. The van der Waals surface area contributed by atoms with Crippen LogP contribution < -0.4 is 0 Å². The number of hydrogen-bond donors (Lipinski definition) is 2. The Morgan fingerprint density at radius 1 is 1.16 bits per heavy atom. The number of aliphatic hydroxyl groups is 2. The smallest absolute Gasteiger partial charge is 0.158 e. The van der Waals surface area contributed by atoms with E-state index in [2.05, 4.69) is 0 Å². The van der Waals surface area contributed by atoms with Crippen molar-refractivity contribution in [1.82, 2.24) is 0 Å². The Hall–Kier alpha value is 0.660. The number of hydrogen-bond acceptors (Lipinski definition) is 5. The van der Waals surface area contributed by atoms with Gasteiger partial charge >= 0.3 is 0 Å². The van der Waals surface area contributed by atoms with Gasteiger partial charge in [0.2, 0.25) is 0 Å². The third-order valence-electron chi connectivity index (χ3n) is 2.99. The average molecular weight is 310 g/mol. The first-order valence-corrected chi connectivity index (χ1v) is 9.01. The van der Waals surface area contributed by atoms with Crippen LogP contribution in [-0.4, -0.2) is 40.9 Å². The van der Waals surface area contributed by atoms with Crippen LogP contribution in [0.3, 0.4) is 0 Å². The Morgan fingerprint density at radius 3 is 2.58 bits per heavy atom. The van der Waals surface area contributed by atoms with E-state index in [0.717, 1.165) is 45.1 Å². The first-order valence-electron chi connectivity index (χ1n) is 7.04. The zero-order chi connectivity index (χ0) is 13.5. The molecule has 2 aliphatic rings. The number of epoxide rings is 1. The number of rotatable bonds is 12. The van der Waals surface area contributed by atoms with Crippen LogP contribution in [0.4, 0.5) is 0 Å². The van der Waals surface area contributed by atoms with Gasteiger partial charge in [0.1, 0.15) is 5.85 Å².